The maximum absolute atomic E-state index is 11.1. The van der Waals surface area contributed by atoms with Crippen LogP contribution in [0.25, 0.3) is 0 Å². The molecule has 1 aromatic heterocycles. The number of carbonyl (C=O) groups is 1. The number of H-pyrrole nitrogens is 1. The zero-order valence-corrected chi connectivity index (χ0v) is 9.81. The summed E-state index contributed by atoms with van der Waals surface area (Å²) in [5, 5.41) is 3.17. The molecule has 2 rings (SSSR count). The van der Waals surface area contributed by atoms with Gasteiger partial charge in [-0.25, -0.2) is 4.98 Å². The highest BCUT2D eigenvalue weighted by Crippen LogP contribution is 2.19. The van der Waals surface area contributed by atoms with Crippen molar-refractivity contribution in [2.45, 2.75) is 6.42 Å². The molecule has 0 unspecified atom stereocenters. The maximum atomic E-state index is 11.1. The molecule has 0 spiro atoms. The molecule has 6 heteroatoms. The van der Waals surface area contributed by atoms with Crippen LogP contribution >= 0.6 is 0 Å². The molecule has 0 aliphatic heterocycles. The number of nitrogens with one attached hydrogen (secondary N) is 2. The van der Waals surface area contributed by atoms with Crippen molar-refractivity contribution >= 4 is 17.3 Å². The molecule has 6 nitrogen and oxygen atoms in total. The first-order valence-corrected chi connectivity index (χ1v) is 5.57. The lowest BCUT2D eigenvalue weighted by Gasteiger charge is -2.09. The molecule has 6 N–H and O–H groups in total. The fourth-order valence-electron chi connectivity index (χ4n) is 1.62. The minimum absolute atomic E-state index is 0.438. The van der Waals surface area contributed by atoms with Gasteiger partial charge in [0.1, 0.15) is 0 Å². The Morgan fingerprint density at radius 3 is 2.94 bits per heavy atom. The fraction of sp³-hybridized carbons (Fsp3) is 0.167. The number of amides is 1. The zero-order chi connectivity index (χ0) is 13.0. The van der Waals surface area contributed by atoms with Gasteiger partial charge in [0.15, 0.2) is 0 Å². The average Bonchev–Trinajstić information content (AvgIpc) is 2.84. The van der Waals surface area contributed by atoms with E-state index in [0.717, 1.165) is 12.1 Å². The van der Waals surface area contributed by atoms with Crippen LogP contribution in [0.2, 0.25) is 0 Å². The van der Waals surface area contributed by atoms with Crippen LogP contribution in [0, 0.1) is 0 Å². The average molecular weight is 245 g/mol. The summed E-state index contributed by atoms with van der Waals surface area (Å²) in [6.45, 7) is 0.689. The van der Waals surface area contributed by atoms with Gasteiger partial charge >= 0.3 is 0 Å². The molecule has 0 saturated heterocycles. The number of aromatic nitrogens is 2. The number of nitrogens with zero attached hydrogens (tertiary/aromatic N) is 1. The van der Waals surface area contributed by atoms with Crippen molar-refractivity contribution < 1.29 is 4.79 Å². The number of hydrogen-bond donors (Lipinski definition) is 4. The summed E-state index contributed by atoms with van der Waals surface area (Å²) < 4.78 is 0. The summed E-state index contributed by atoms with van der Waals surface area (Å²) in [4.78, 5) is 18.0. The van der Waals surface area contributed by atoms with Crippen LogP contribution in [0.5, 0.6) is 0 Å². The highest BCUT2D eigenvalue weighted by molar-refractivity contribution is 5.94. The van der Waals surface area contributed by atoms with Gasteiger partial charge in [-0.3, -0.25) is 4.79 Å². The summed E-state index contributed by atoms with van der Waals surface area (Å²) in [5.74, 6) is -0.466. The van der Waals surface area contributed by atoms with Crippen LogP contribution in [0.1, 0.15) is 16.1 Å². The predicted molar refractivity (Wildman–Crippen MR) is 70.2 cm³/mol. The molecule has 0 saturated carbocycles. The van der Waals surface area contributed by atoms with Gasteiger partial charge in [-0.05, 0) is 18.2 Å². The third-order valence-electron chi connectivity index (χ3n) is 2.60. The molecule has 1 amide bonds. The summed E-state index contributed by atoms with van der Waals surface area (Å²) in [6, 6.07) is 4.93. The first-order chi connectivity index (χ1) is 8.66. The van der Waals surface area contributed by atoms with Crippen molar-refractivity contribution in [1.82, 2.24) is 9.97 Å². The number of anilines is 2. The van der Waals surface area contributed by atoms with E-state index in [1.54, 1.807) is 30.7 Å². The Bertz CT molecular complexity index is 535. The molecule has 0 fully saturated rings. The van der Waals surface area contributed by atoms with Gasteiger partial charge in [0.2, 0.25) is 5.91 Å². The summed E-state index contributed by atoms with van der Waals surface area (Å²) >= 11 is 0. The van der Waals surface area contributed by atoms with E-state index in [9.17, 15) is 4.79 Å². The van der Waals surface area contributed by atoms with Crippen LogP contribution in [-0.2, 0) is 6.42 Å². The third-order valence-corrected chi connectivity index (χ3v) is 2.60. The molecular weight excluding hydrogens is 230 g/mol. The Balaban J connectivity index is 2.00. The third kappa shape index (κ3) is 2.79. The minimum Gasteiger partial charge on any atom is -0.397 e. The van der Waals surface area contributed by atoms with E-state index in [4.69, 9.17) is 11.5 Å². The molecule has 0 bridgehead atoms. The van der Waals surface area contributed by atoms with Gasteiger partial charge in [0.25, 0.3) is 0 Å². The van der Waals surface area contributed by atoms with Gasteiger partial charge < -0.3 is 21.8 Å². The van der Waals surface area contributed by atoms with E-state index in [1.165, 1.54) is 0 Å². The lowest BCUT2D eigenvalue weighted by atomic mass is 10.1. The standard InChI is InChI=1S/C12H15N5O/c13-10-2-1-8(12(14)18)5-11(10)16-4-3-9-6-15-7-17-9/h1-2,5-7,16H,3-4,13H2,(H2,14,18)(H,15,17). The lowest BCUT2D eigenvalue weighted by molar-refractivity contribution is 0.100. The number of carbonyl (C=O) groups excluding carboxylic acids is 1. The number of nitrogen functional groups attached to an aromatic ring is 1. The van der Waals surface area contributed by atoms with Crippen molar-refractivity contribution in [1.29, 1.82) is 0 Å². The molecule has 94 valence electrons. The van der Waals surface area contributed by atoms with E-state index < -0.39 is 5.91 Å². The molecular formula is C12H15N5O. The van der Waals surface area contributed by atoms with Crippen molar-refractivity contribution in [2.24, 2.45) is 5.73 Å². The maximum Gasteiger partial charge on any atom is 0.248 e. The van der Waals surface area contributed by atoms with Crippen LogP contribution < -0.4 is 16.8 Å². The molecule has 0 aliphatic carbocycles. The van der Waals surface area contributed by atoms with Gasteiger partial charge in [-0.15, -0.1) is 0 Å². The first kappa shape index (κ1) is 12.0. The molecule has 0 radical (unpaired) electrons. The Morgan fingerprint density at radius 2 is 2.28 bits per heavy atom. The quantitative estimate of drug-likeness (QED) is 0.582. The van der Waals surface area contributed by atoms with Crippen molar-refractivity contribution in [3.63, 3.8) is 0 Å². The van der Waals surface area contributed by atoms with Gasteiger partial charge in [0, 0.05) is 30.4 Å². The predicted octanol–water partition coefficient (Wildman–Crippen LogP) is 0.745. The monoisotopic (exact) mass is 245 g/mol. The van der Waals surface area contributed by atoms with Crippen molar-refractivity contribution in [2.75, 3.05) is 17.6 Å². The van der Waals surface area contributed by atoms with E-state index in [0.29, 0.717) is 23.5 Å². The van der Waals surface area contributed by atoms with Crippen molar-refractivity contribution in [3.05, 3.63) is 42.0 Å². The van der Waals surface area contributed by atoms with Crippen LogP contribution in [0.15, 0.2) is 30.7 Å². The Kier molecular flexibility index (Phi) is 3.47. The number of benzene rings is 1. The number of hydrogen-bond acceptors (Lipinski definition) is 4. The Morgan fingerprint density at radius 1 is 1.44 bits per heavy atom. The SMILES string of the molecule is NC(=O)c1ccc(N)c(NCCc2cnc[nH]2)c1. The highest BCUT2D eigenvalue weighted by atomic mass is 16.1. The Labute approximate surface area is 104 Å². The molecule has 0 aliphatic rings. The number of rotatable bonds is 5. The van der Waals surface area contributed by atoms with Gasteiger partial charge in [-0.1, -0.05) is 0 Å². The molecule has 2 aromatic rings. The molecule has 18 heavy (non-hydrogen) atoms. The summed E-state index contributed by atoms with van der Waals surface area (Å²) in [5.41, 5.74) is 13.8. The van der Waals surface area contributed by atoms with E-state index in [2.05, 4.69) is 15.3 Å². The number of primary amides is 1. The number of imidazole rings is 1. The zero-order valence-electron chi connectivity index (χ0n) is 9.81. The fourth-order valence-corrected chi connectivity index (χ4v) is 1.62. The number of nitrogens with two attached hydrogens (primary N) is 2. The second-order valence-corrected chi connectivity index (χ2v) is 3.92. The highest BCUT2D eigenvalue weighted by Gasteiger charge is 2.04. The van der Waals surface area contributed by atoms with Gasteiger partial charge in [0.05, 0.1) is 17.7 Å². The smallest absolute Gasteiger partial charge is 0.248 e. The second kappa shape index (κ2) is 5.22. The van der Waals surface area contributed by atoms with Crippen LogP contribution in [0.4, 0.5) is 11.4 Å². The number of aromatic amines is 1. The van der Waals surface area contributed by atoms with E-state index in [-0.39, 0.29) is 0 Å². The van der Waals surface area contributed by atoms with Crippen LogP contribution in [0.3, 0.4) is 0 Å². The molecule has 1 aromatic carbocycles. The largest absolute Gasteiger partial charge is 0.397 e. The minimum atomic E-state index is -0.466. The van der Waals surface area contributed by atoms with Crippen LogP contribution in [-0.4, -0.2) is 22.4 Å². The van der Waals surface area contributed by atoms with Crippen molar-refractivity contribution in [3.8, 4) is 0 Å². The topological polar surface area (TPSA) is 110 Å². The summed E-state index contributed by atoms with van der Waals surface area (Å²) in [6.07, 6.45) is 4.20. The Hall–Kier alpha value is -2.50. The normalized spacial score (nSPS) is 10.2. The molecule has 0 atom stereocenters. The first-order valence-electron chi connectivity index (χ1n) is 5.57. The molecule has 1 heterocycles. The summed E-state index contributed by atoms with van der Waals surface area (Å²) in [7, 11) is 0. The lowest BCUT2D eigenvalue weighted by Crippen LogP contribution is -2.13. The van der Waals surface area contributed by atoms with E-state index in [1.807, 2.05) is 0 Å². The van der Waals surface area contributed by atoms with Gasteiger partial charge in [-0.2, -0.15) is 0 Å². The van der Waals surface area contributed by atoms with E-state index >= 15 is 0 Å². The second-order valence-electron chi connectivity index (χ2n) is 3.92.